The molecule has 2 aromatic carbocycles. The van der Waals surface area contributed by atoms with Gasteiger partial charge in [-0.25, -0.2) is 8.42 Å². The van der Waals surface area contributed by atoms with E-state index in [0.717, 1.165) is 36.8 Å². The maximum atomic E-state index is 13.6. The highest BCUT2D eigenvalue weighted by Gasteiger charge is 2.38. The number of benzene rings is 2. The molecule has 1 aliphatic carbocycles. The highest BCUT2D eigenvalue weighted by molar-refractivity contribution is 7.90. The van der Waals surface area contributed by atoms with Crippen molar-refractivity contribution < 1.29 is 13.2 Å². The largest absolute Gasteiger partial charge is 0.335 e. The van der Waals surface area contributed by atoms with E-state index in [-0.39, 0.29) is 34.7 Å². The van der Waals surface area contributed by atoms with Crippen LogP contribution >= 0.6 is 24.0 Å². The molecule has 3 aromatic rings. The molecule has 1 fully saturated rings. The van der Waals surface area contributed by atoms with Gasteiger partial charge in [-0.2, -0.15) is 0 Å². The molecular weight excluding hydrogens is 529 g/mol. The Labute approximate surface area is 230 Å². The SMILES string of the molecule is CS(=O)(=O)c1cccc(CCN(C(=O)c2cccnc2)[C@H]2CC[C@](CN)(c3cccc(Cl)c3)CC2)c1.Cl. The molecule has 0 radical (unpaired) electrons. The van der Waals surface area contributed by atoms with Crippen LogP contribution in [0, 0.1) is 0 Å². The Kier molecular flexibility index (Phi) is 9.75. The molecule has 2 N–H and O–H groups in total. The number of amides is 1. The number of carbonyl (C=O) groups excluding carboxylic acids is 1. The molecule has 0 bridgehead atoms. The predicted molar refractivity (Wildman–Crippen MR) is 150 cm³/mol. The summed E-state index contributed by atoms with van der Waals surface area (Å²) in [6, 6.07) is 18.5. The van der Waals surface area contributed by atoms with Gasteiger partial charge in [-0.15, -0.1) is 12.4 Å². The zero-order valence-corrected chi connectivity index (χ0v) is 23.2. The maximum Gasteiger partial charge on any atom is 0.255 e. The molecule has 1 aromatic heterocycles. The molecule has 9 heteroatoms. The quantitative estimate of drug-likeness (QED) is 0.413. The summed E-state index contributed by atoms with van der Waals surface area (Å²) < 4.78 is 24.0. The molecule has 1 heterocycles. The van der Waals surface area contributed by atoms with Crippen molar-refractivity contribution in [1.29, 1.82) is 0 Å². The Hall–Kier alpha value is -2.45. The first-order chi connectivity index (χ1) is 17.2. The molecule has 0 atom stereocenters. The molecule has 0 spiro atoms. The third kappa shape index (κ3) is 6.90. The lowest BCUT2D eigenvalue weighted by atomic mass is 9.68. The number of nitrogens with two attached hydrogens (primary N) is 1. The fourth-order valence-corrected chi connectivity index (χ4v) is 6.06. The van der Waals surface area contributed by atoms with Crippen LogP contribution in [-0.2, 0) is 21.7 Å². The first kappa shape index (κ1) is 29.1. The van der Waals surface area contributed by atoms with Crippen LogP contribution in [0.15, 0.2) is 78.0 Å². The zero-order chi connectivity index (χ0) is 25.8. The van der Waals surface area contributed by atoms with Crippen molar-refractivity contribution in [3.05, 3.63) is 94.8 Å². The van der Waals surface area contributed by atoms with Crippen LogP contribution in [0.3, 0.4) is 0 Å². The highest BCUT2D eigenvalue weighted by atomic mass is 35.5. The van der Waals surface area contributed by atoms with Crippen molar-refractivity contribution >= 4 is 39.8 Å². The average Bonchev–Trinajstić information content (AvgIpc) is 2.89. The molecule has 198 valence electrons. The summed E-state index contributed by atoms with van der Waals surface area (Å²) in [4.78, 5) is 19.9. The summed E-state index contributed by atoms with van der Waals surface area (Å²) in [5, 5.41) is 0.701. The second-order valence-corrected chi connectivity index (χ2v) is 12.1. The van der Waals surface area contributed by atoms with E-state index in [1.165, 1.54) is 6.26 Å². The maximum absolute atomic E-state index is 13.6. The smallest absolute Gasteiger partial charge is 0.255 e. The van der Waals surface area contributed by atoms with Crippen LogP contribution in [-0.4, -0.2) is 49.6 Å². The van der Waals surface area contributed by atoms with E-state index in [1.54, 1.807) is 42.7 Å². The number of rotatable bonds is 8. The van der Waals surface area contributed by atoms with Gasteiger partial charge in [0.15, 0.2) is 9.84 Å². The van der Waals surface area contributed by atoms with Gasteiger partial charge in [0.25, 0.3) is 5.91 Å². The molecule has 4 rings (SSSR count). The van der Waals surface area contributed by atoms with Gasteiger partial charge in [-0.1, -0.05) is 35.9 Å². The van der Waals surface area contributed by atoms with Gasteiger partial charge in [0, 0.05) is 48.2 Å². The third-order valence-corrected chi connectivity index (χ3v) is 8.66. The van der Waals surface area contributed by atoms with E-state index in [4.69, 9.17) is 17.3 Å². The number of hydrogen-bond acceptors (Lipinski definition) is 5. The van der Waals surface area contributed by atoms with Crippen LogP contribution in [0.2, 0.25) is 5.02 Å². The predicted octanol–water partition coefficient (Wildman–Crippen LogP) is 5.08. The lowest BCUT2D eigenvalue weighted by molar-refractivity contribution is 0.0597. The topological polar surface area (TPSA) is 93.4 Å². The van der Waals surface area contributed by atoms with Crippen LogP contribution in [0.4, 0.5) is 0 Å². The average molecular weight is 563 g/mol. The number of pyridine rings is 1. The first-order valence-corrected chi connectivity index (χ1v) is 14.4. The monoisotopic (exact) mass is 561 g/mol. The number of hydrogen-bond donors (Lipinski definition) is 1. The summed E-state index contributed by atoms with van der Waals surface area (Å²) >= 11 is 6.27. The van der Waals surface area contributed by atoms with Crippen molar-refractivity contribution in [2.75, 3.05) is 19.3 Å². The summed E-state index contributed by atoms with van der Waals surface area (Å²) in [6.45, 7) is 1.01. The van der Waals surface area contributed by atoms with E-state index in [1.807, 2.05) is 29.2 Å². The van der Waals surface area contributed by atoms with Gasteiger partial charge in [-0.3, -0.25) is 9.78 Å². The number of nitrogens with zero attached hydrogens (tertiary/aromatic N) is 2. The summed E-state index contributed by atoms with van der Waals surface area (Å²) in [5.41, 5.74) is 8.72. The normalized spacial score (nSPS) is 19.6. The minimum Gasteiger partial charge on any atom is -0.335 e. The van der Waals surface area contributed by atoms with Crippen molar-refractivity contribution in [2.45, 2.75) is 48.5 Å². The number of aromatic nitrogens is 1. The summed E-state index contributed by atoms with van der Waals surface area (Å²) in [5.74, 6) is -0.0598. The molecule has 0 aliphatic heterocycles. The molecule has 1 saturated carbocycles. The van der Waals surface area contributed by atoms with Crippen molar-refractivity contribution in [2.24, 2.45) is 5.73 Å². The fourth-order valence-electron chi connectivity index (χ4n) is 5.18. The van der Waals surface area contributed by atoms with Gasteiger partial charge >= 0.3 is 0 Å². The summed E-state index contributed by atoms with van der Waals surface area (Å²) in [6.07, 6.45) is 8.36. The lowest BCUT2D eigenvalue weighted by Gasteiger charge is -2.43. The summed E-state index contributed by atoms with van der Waals surface area (Å²) in [7, 11) is -3.30. The Morgan fingerprint density at radius 3 is 2.46 bits per heavy atom. The second kappa shape index (κ2) is 12.4. The van der Waals surface area contributed by atoms with Crippen molar-refractivity contribution in [3.63, 3.8) is 0 Å². The van der Waals surface area contributed by atoms with Crippen LogP contribution in [0.1, 0.15) is 47.2 Å². The fraction of sp³-hybridized carbons (Fsp3) is 0.357. The van der Waals surface area contributed by atoms with Crippen LogP contribution < -0.4 is 5.73 Å². The molecule has 37 heavy (non-hydrogen) atoms. The molecule has 0 unspecified atom stereocenters. The van der Waals surface area contributed by atoms with Gasteiger partial charge in [0.2, 0.25) is 0 Å². The van der Waals surface area contributed by atoms with E-state index in [0.29, 0.717) is 30.1 Å². The minimum atomic E-state index is -3.30. The van der Waals surface area contributed by atoms with Crippen LogP contribution in [0.25, 0.3) is 0 Å². The highest BCUT2D eigenvalue weighted by Crippen LogP contribution is 2.41. The molecule has 0 saturated heterocycles. The van der Waals surface area contributed by atoms with E-state index >= 15 is 0 Å². The van der Waals surface area contributed by atoms with Crippen molar-refractivity contribution in [3.8, 4) is 0 Å². The second-order valence-electron chi connectivity index (χ2n) is 9.64. The van der Waals surface area contributed by atoms with Gasteiger partial charge in [0.05, 0.1) is 10.5 Å². The van der Waals surface area contributed by atoms with E-state index in [9.17, 15) is 13.2 Å². The van der Waals surface area contributed by atoms with Crippen LogP contribution in [0.5, 0.6) is 0 Å². The number of carbonyl (C=O) groups is 1. The Morgan fingerprint density at radius 2 is 1.84 bits per heavy atom. The van der Waals surface area contributed by atoms with Gasteiger partial charge in [0.1, 0.15) is 0 Å². The lowest BCUT2D eigenvalue weighted by Crippen LogP contribution is -2.48. The first-order valence-electron chi connectivity index (χ1n) is 12.2. The Morgan fingerprint density at radius 1 is 1.11 bits per heavy atom. The standard InChI is InChI=1S/C28H32ClN3O3S.ClH/c1-36(34,35)26-9-2-5-21(17-26)12-16-32(27(33)22-6-4-15-31-19-22)25-10-13-28(20-30,14-11-25)23-7-3-8-24(29)18-23;/h2-9,15,17-19,25H,10-14,16,20,30H2,1H3;1H/t25-,28-;. The number of sulfone groups is 1. The minimum absolute atomic E-state index is 0. The molecule has 1 aliphatic rings. The zero-order valence-electron chi connectivity index (χ0n) is 20.8. The Bertz CT molecular complexity index is 1310. The number of halogens is 2. The molecule has 1 amide bonds. The third-order valence-electron chi connectivity index (χ3n) is 7.32. The molecule has 6 nitrogen and oxygen atoms in total. The van der Waals surface area contributed by atoms with E-state index < -0.39 is 9.84 Å². The Balaban J connectivity index is 0.00000380. The van der Waals surface area contributed by atoms with E-state index in [2.05, 4.69) is 11.1 Å². The van der Waals surface area contributed by atoms with Gasteiger partial charge < -0.3 is 10.6 Å². The molecular formula is C28H33Cl2N3O3S. The van der Waals surface area contributed by atoms with Gasteiger partial charge in [-0.05, 0) is 79.6 Å². The van der Waals surface area contributed by atoms with Crippen molar-refractivity contribution in [1.82, 2.24) is 9.88 Å².